The smallest absolute Gasteiger partial charge is 0.337 e. The Morgan fingerprint density at radius 3 is 2.24 bits per heavy atom. The topological polar surface area (TPSA) is 113 Å². The van der Waals surface area contributed by atoms with Crippen molar-refractivity contribution in [2.45, 2.75) is 76.4 Å². The van der Waals surface area contributed by atoms with E-state index in [2.05, 4.69) is 5.32 Å². The van der Waals surface area contributed by atoms with Crippen LogP contribution in [-0.4, -0.2) is 51.9 Å². The summed E-state index contributed by atoms with van der Waals surface area (Å²) in [6.45, 7) is 5.38. The second-order valence-electron chi connectivity index (χ2n) is 10.9. The predicted molar refractivity (Wildman–Crippen MR) is 124 cm³/mol. The predicted octanol–water partition coefficient (Wildman–Crippen LogP) is 3.31. The number of methoxy groups -OCH3 is 1. The van der Waals surface area contributed by atoms with Crippen molar-refractivity contribution in [3.8, 4) is 0 Å². The minimum atomic E-state index is -1.52. The SMILES string of the molecule is COC(=O)c1ccc(C2NC(CC3CCCCC3)(C(=O)O)C3C(=O)N(C(C)(C)C)C(=O)C23)cc1. The van der Waals surface area contributed by atoms with E-state index in [9.17, 15) is 24.3 Å². The van der Waals surface area contributed by atoms with Crippen molar-refractivity contribution in [3.05, 3.63) is 35.4 Å². The van der Waals surface area contributed by atoms with Crippen LogP contribution < -0.4 is 5.32 Å². The molecule has 0 spiro atoms. The Morgan fingerprint density at radius 2 is 1.71 bits per heavy atom. The highest BCUT2D eigenvalue weighted by atomic mass is 16.5. The van der Waals surface area contributed by atoms with Crippen LogP contribution in [0.25, 0.3) is 0 Å². The molecule has 2 aliphatic heterocycles. The van der Waals surface area contributed by atoms with Gasteiger partial charge < -0.3 is 9.84 Å². The average molecular weight is 471 g/mol. The van der Waals surface area contributed by atoms with E-state index < -0.39 is 46.8 Å². The maximum Gasteiger partial charge on any atom is 0.337 e. The molecule has 1 aromatic carbocycles. The molecule has 184 valence electrons. The summed E-state index contributed by atoms with van der Waals surface area (Å²) in [5.74, 6) is -3.94. The third-order valence-electron chi connectivity index (χ3n) is 7.73. The molecule has 3 aliphatic rings. The van der Waals surface area contributed by atoms with Gasteiger partial charge in [-0.1, -0.05) is 44.2 Å². The molecule has 0 bridgehead atoms. The number of benzene rings is 1. The molecule has 4 unspecified atom stereocenters. The van der Waals surface area contributed by atoms with Gasteiger partial charge in [0, 0.05) is 11.6 Å². The largest absolute Gasteiger partial charge is 0.480 e. The standard InChI is InChI=1S/C26H34N2O6/c1-25(2,3)28-21(29)18-19(22(28)30)26(24(32)33,14-15-8-6-5-7-9-15)27-20(18)16-10-12-17(13-11-16)23(31)34-4/h10-13,15,18-20,27H,5-9,14H2,1-4H3,(H,32,33). The van der Waals surface area contributed by atoms with E-state index in [-0.39, 0.29) is 11.8 Å². The quantitative estimate of drug-likeness (QED) is 0.501. The Morgan fingerprint density at radius 1 is 1.09 bits per heavy atom. The van der Waals surface area contributed by atoms with Crippen molar-refractivity contribution >= 4 is 23.8 Å². The zero-order valence-corrected chi connectivity index (χ0v) is 20.3. The number of fused-ring (bicyclic) bond motifs is 1. The molecule has 1 aromatic rings. The molecule has 8 nitrogen and oxygen atoms in total. The average Bonchev–Trinajstić information content (AvgIpc) is 3.28. The number of hydrogen-bond donors (Lipinski definition) is 2. The summed E-state index contributed by atoms with van der Waals surface area (Å²) >= 11 is 0. The van der Waals surface area contributed by atoms with Gasteiger partial charge in [0.15, 0.2) is 0 Å². The molecule has 34 heavy (non-hydrogen) atoms. The number of likely N-dealkylation sites (tertiary alicyclic amines) is 1. The molecule has 2 N–H and O–H groups in total. The van der Waals surface area contributed by atoms with Gasteiger partial charge >= 0.3 is 11.9 Å². The van der Waals surface area contributed by atoms with Gasteiger partial charge in [-0.3, -0.25) is 24.6 Å². The van der Waals surface area contributed by atoms with Crippen LogP contribution in [0.2, 0.25) is 0 Å². The van der Waals surface area contributed by atoms with Gasteiger partial charge in [0.1, 0.15) is 5.54 Å². The Labute approximate surface area is 200 Å². The van der Waals surface area contributed by atoms with Gasteiger partial charge in [-0.05, 0) is 50.8 Å². The number of amides is 2. The van der Waals surface area contributed by atoms with Crippen LogP contribution in [-0.2, 0) is 19.1 Å². The maximum atomic E-state index is 13.7. The first-order valence-electron chi connectivity index (χ1n) is 12.1. The molecule has 2 heterocycles. The lowest BCUT2D eigenvalue weighted by Gasteiger charge is -2.37. The van der Waals surface area contributed by atoms with E-state index >= 15 is 0 Å². The highest BCUT2D eigenvalue weighted by molar-refractivity contribution is 6.10. The molecule has 4 atom stereocenters. The van der Waals surface area contributed by atoms with Gasteiger partial charge in [-0.15, -0.1) is 0 Å². The summed E-state index contributed by atoms with van der Waals surface area (Å²) in [5, 5.41) is 13.8. The Bertz CT molecular complexity index is 992. The minimum Gasteiger partial charge on any atom is -0.480 e. The summed E-state index contributed by atoms with van der Waals surface area (Å²) < 4.78 is 4.76. The first-order valence-corrected chi connectivity index (χ1v) is 12.1. The summed E-state index contributed by atoms with van der Waals surface area (Å²) in [6.07, 6.45) is 5.41. The number of esters is 1. The molecule has 4 rings (SSSR count). The molecular weight excluding hydrogens is 436 g/mol. The van der Waals surface area contributed by atoms with Crippen molar-refractivity contribution in [2.75, 3.05) is 7.11 Å². The van der Waals surface area contributed by atoms with Gasteiger partial charge in [-0.25, -0.2) is 4.79 Å². The van der Waals surface area contributed by atoms with Gasteiger partial charge in [0.05, 0.1) is 24.5 Å². The number of imide groups is 1. The number of carboxylic acid groups (broad SMARTS) is 1. The summed E-state index contributed by atoms with van der Waals surface area (Å²) in [5.41, 5.74) is -1.25. The van der Waals surface area contributed by atoms with Crippen LogP contribution in [0.3, 0.4) is 0 Å². The van der Waals surface area contributed by atoms with Crippen LogP contribution in [0.1, 0.15) is 81.3 Å². The molecule has 1 aliphatic carbocycles. The molecule has 3 fully saturated rings. The third kappa shape index (κ3) is 3.91. The van der Waals surface area contributed by atoms with E-state index in [4.69, 9.17) is 4.74 Å². The first kappa shape index (κ1) is 24.4. The number of rotatable bonds is 5. The second kappa shape index (κ2) is 8.80. The maximum absolute atomic E-state index is 13.7. The van der Waals surface area contributed by atoms with Crippen molar-refractivity contribution in [2.24, 2.45) is 17.8 Å². The van der Waals surface area contributed by atoms with Crippen molar-refractivity contribution in [3.63, 3.8) is 0 Å². The van der Waals surface area contributed by atoms with Crippen molar-refractivity contribution in [1.29, 1.82) is 0 Å². The highest BCUT2D eigenvalue weighted by Gasteiger charge is 2.69. The fraction of sp³-hybridized carbons (Fsp3) is 0.615. The molecular formula is C26H34N2O6. The van der Waals surface area contributed by atoms with Crippen LogP contribution >= 0.6 is 0 Å². The van der Waals surface area contributed by atoms with E-state index in [0.29, 0.717) is 17.5 Å². The number of carbonyl (C=O) groups is 4. The van der Waals surface area contributed by atoms with E-state index in [1.54, 1.807) is 45.0 Å². The number of carboxylic acids is 1. The molecule has 2 saturated heterocycles. The van der Waals surface area contributed by atoms with Crippen LogP contribution in [0, 0.1) is 17.8 Å². The lowest BCUT2D eigenvalue weighted by atomic mass is 9.72. The summed E-state index contributed by atoms with van der Waals surface area (Å²) in [4.78, 5) is 53.4. The number of nitrogens with one attached hydrogen (secondary N) is 1. The number of aliphatic carboxylic acids is 1. The Balaban J connectivity index is 1.79. The molecule has 8 heteroatoms. The fourth-order valence-electron chi connectivity index (χ4n) is 6.21. The van der Waals surface area contributed by atoms with Gasteiger partial charge in [-0.2, -0.15) is 0 Å². The van der Waals surface area contributed by atoms with Gasteiger partial charge in [0.25, 0.3) is 0 Å². The third-order valence-corrected chi connectivity index (χ3v) is 7.73. The van der Waals surface area contributed by atoms with E-state index in [0.717, 1.165) is 32.1 Å². The fourth-order valence-corrected chi connectivity index (χ4v) is 6.21. The number of hydrogen-bond acceptors (Lipinski definition) is 6. The van der Waals surface area contributed by atoms with E-state index in [1.807, 2.05) is 0 Å². The number of nitrogens with zero attached hydrogens (tertiary/aromatic N) is 1. The molecule has 0 radical (unpaired) electrons. The van der Waals surface area contributed by atoms with Crippen LogP contribution in [0.15, 0.2) is 24.3 Å². The van der Waals surface area contributed by atoms with Crippen LogP contribution in [0.5, 0.6) is 0 Å². The minimum absolute atomic E-state index is 0.185. The monoisotopic (exact) mass is 470 g/mol. The normalized spacial score (nSPS) is 29.9. The molecule has 1 saturated carbocycles. The van der Waals surface area contributed by atoms with Crippen molar-refractivity contribution < 1.29 is 29.0 Å². The highest BCUT2D eigenvalue weighted by Crippen LogP contribution is 2.53. The zero-order valence-electron chi connectivity index (χ0n) is 20.3. The lowest BCUT2D eigenvalue weighted by Crippen LogP contribution is -2.58. The molecule has 2 amide bonds. The first-order chi connectivity index (χ1) is 16.0. The Kier molecular flexibility index (Phi) is 6.31. The Hall–Kier alpha value is -2.74. The summed E-state index contributed by atoms with van der Waals surface area (Å²) in [7, 11) is 1.30. The van der Waals surface area contributed by atoms with Crippen molar-refractivity contribution in [1.82, 2.24) is 10.2 Å². The van der Waals surface area contributed by atoms with Gasteiger partial charge in [0.2, 0.25) is 11.8 Å². The van der Waals surface area contributed by atoms with Crippen LogP contribution in [0.4, 0.5) is 0 Å². The lowest BCUT2D eigenvalue weighted by molar-refractivity contribution is -0.154. The number of ether oxygens (including phenoxy) is 1. The van der Waals surface area contributed by atoms with E-state index in [1.165, 1.54) is 12.0 Å². The zero-order chi connectivity index (χ0) is 24.8. The second-order valence-corrected chi connectivity index (χ2v) is 10.9. The number of carbonyl (C=O) groups excluding carboxylic acids is 3. The summed E-state index contributed by atoms with van der Waals surface area (Å²) in [6, 6.07) is 5.96. The molecule has 0 aromatic heterocycles.